The Balaban J connectivity index is 1.44. The highest BCUT2D eigenvalue weighted by atomic mass is 35.5. The fourth-order valence-electron chi connectivity index (χ4n) is 5.14. The van der Waals surface area contributed by atoms with Gasteiger partial charge in [0, 0.05) is 29.8 Å². The van der Waals surface area contributed by atoms with Gasteiger partial charge in [0.05, 0.1) is 40.9 Å². The van der Waals surface area contributed by atoms with E-state index in [9.17, 15) is 9.18 Å². The first-order valence-corrected chi connectivity index (χ1v) is 12.4. The van der Waals surface area contributed by atoms with Crippen LogP contribution in [-0.4, -0.2) is 36.8 Å². The monoisotopic (exact) mass is 497 g/mol. The Bertz CT molecular complexity index is 1250. The molecule has 1 saturated carbocycles. The molecule has 1 aliphatic carbocycles. The maximum absolute atomic E-state index is 14.3. The van der Waals surface area contributed by atoms with Crippen molar-refractivity contribution >= 4 is 17.7 Å². The van der Waals surface area contributed by atoms with Gasteiger partial charge in [-0.3, -0.25) is 20.0 Å². The van der Waals surface area contributed by atoms with Crippen LogP contribution in [0.1, 0.15) is 80.9 Å². The molecular formula is C26H29ClFN5O2. The van der Waals surface area contributed by atoms with E-state index in [0.717, 1.165) is 53.9 Å². The molecule has 2 aliphatic rings. The maximum atomic E-state index is 14.3. The fraction of sp³-hybridized carbons (Fsp3) is 0.462. The number of hydrogen-bond donors (Lipinski definition) is 1. The van der Waals surface area contributed by atoms with Crippen molar-refractivity contribution in [1.29, 1.82) is 0 Å². The van der Waals surface area contributed by atoms with Crippen LogP contribution in [0, 0.1) is 5.82 Å². The van der Waals surface area contributed by atoms with Crippen molar-refractivity contribution in [1.82, 2.24) is 25.1 Å². The number of nitrogens with zero attached hydrogens (tertiary/aromatic N) is 4. The zero-order chi connectivity index (χ0) is 24.7. The van der Waals surface area contributed by atoms with Gasteiger partial charge in [-0.05, 0) is 70.2 Å². The first-order valence-electron chi connectivity index (χ1n) is 12.0. The number of pyridine rings is 2. The van der Waals surface area contributed by atoms with E-state index in [1.807, 2.05) is 26.8 Å². The summed E-state index contributed by atoms with van der Waals surface area (Å²) in [5, 5.41) is 8.39. The molecular weight excluding hydrogens is 469 g/mol. The number of rotatable bonds is 2. The second kappa shape index (κ2) is 9.22. The summed E-state index contributed by atoms with van der Waals surface area (Å²) in [5.74, 6) is 0.0788. The Morgan fingerprint density at radius 3 is 2.54 bits per heavy atom. The molecule has 5 rings (SSSR count). The van der Waals surface area contributed by atoms with Crippen LogP contribution in [-0.2, 0) is 17.8 Å². The number of hydrogen-bond acceptors (Lipinski definition) is 5. The van der Waals surface area contributed by atoms with Gasteiger partial charge in [-0.1, -0.05) is 11.6 Å². The maximum Gasteiger partial charge on any atom is 0.410 e. The highest BCUT2D eigenvalue weighted by molar-refractivity contribution is 6.30. The minimum atomic E-state index is -0.605. The summed E-state index contributed by atoms with van der Waals surface area (Å²) in [6.07, 6.45) is 6.31. The second-order valence-corrected chi connectivity index (χ2v) is 10.8. The molecule has 0 aromatic carbocycles. The lowest BCUT2D eigenvalue weighted by Crippen LogP contribution is -2.35. The van der Waals surface area contributed by atoms with Crippen molar-refractivity contribution in [3.05, 3.63) is 64.1 Å². The van der Waals surface area contributed by atoms with Crippen LogP contribution < -0.4 is 0 Å². The average molecular weight is 498 g/mol. The molecule has 35 heavy (non-hydrogen) atoms. The number of halogens is 2. The summed E-state index contributed by atoms with van der Waals surface area (Å²) in [6.45, 7) is 6.22. The Labute approximate surface area is 209 Å². The summed E-state index contributed by atoms with van der Waals surface area (Å²) >= 11 is 6.28. The van der Waals surface area contributed by atoms with Gasteiger partial charge >= 0.3 is 6.09 Å². The summed E-state index contributed by atoms with van der Waals surface area (Å²) < 4.78 is 19.9. The van der Waals surface area contributed by atoms with Crippen LogP contribution in [0.3, 0.4) is 0 Å². The molecule has 0 unspecified atom stereocenters. The van der Waals surface area contributed by atoms with Gasteiger partial charge in [-0.2, -0.15) is 5.10 Å². The Morgan fingerprint density at radius 1 is 1.14 bits per heavy atom. The van der Waals surface area contributed by atoms with E-state index in [4.69, 9.17) is 21.4 Å². The van der Waals surface area contributed by atoms with Crippen LogP contribution in [0.15, 0.2) is 30.6 Å². The molecule has 0 bridgehead atoms. The molecule has 1 aliphatic heterocycles. The summed E-state index contributed by atoms with van der Waals surface area (Å²) in [5.41, 5.74) is 4.31. The molecule has 0 radical (unpaired) electrons. The smallest absolute Gasteiger partial charge is 0.410 e. The zero-order valence-electron chi connectivity index (χ0n) is 20.1. The third-order valence-corrected chi connectivity index (χ3v) is 6.90. The Kier molecular flexibility index (Phi) is 6.25. The average Bonchev–Trinajstić information content (AvgIpc) is 3.14. The molecule has 7 nitrogen and oxygen atoms in total. The predicted octanol–water partition coefficient (Wildman–Crippen LogP) is 6.35. The van der Waals surface area contributed by atoms with E-state index >= 15 is 0 Å². The topological polar surface area (TPSA) is 84.0 Å². The van der Waals surface area contributed by atoms with Gasteiger partial charge in [0.1, 0.15) is 11.4 Å². The molecule has 1 amide bonds. The first kappa shape index (κ1) is 23.7. The summed E-state index contributed by atoms with van der Waals surface area (Å²) in [4.78, 5) is 23.6. The predicted molar refractivity (Wildman–Crippen MR) is 130 cm³/mol. The summed E-state index contributed by atoms with van der Waals surface area (Å²) in [6, 6.07) is 4.96. The van der Waals surface area contributed by atoms with E-state index in [-0.39, 0.29) is 17.7 Å². The molecule has 0 atom stereocenters. The quantitative estimate of drug-likeness (QED) is 0.446. The van der Waals surface area contributed by atoms with E-state index in [0.29, 0.717) is 23.8 Å². The van der Waals surface area contributed by atoms with Crippen molar-refractivity contribution in [2.24, 2.45) is 0 Å². The number of aromatic amines is 1. The third kappa shape index (κ3) is 4.89. The number of carbonyl (C=O) groups is 1. The SMILES string of the molecule is CC(C)(C)OC(=O)N1Cc2cc(Cl)cnc2-c2c(C3CCC(c4ncccc4F)CC3)n[nH]c2C1. The lowest BCUT2D eigenvalue weighted by Gasteiger charge is -2.28. The number of aromatic nitrogens is 4. The van der Waals surface area contributed by atoms with E-state index in [1.165, 1.54) is 6.07 Å². The second-order valence-electron chi connectivity index (χ2n) is 10.4. The van der Waals surface area contributed by atoms with Gasteiger partial charge in [-0.25, -0.2) is 9.18 Å². The normalized spacial score (nSPS) is 20.1. The number of H-pyrrole nitrogens is 1. The lowest BCUT2D eigenvalue weighted by molar-refractivity contribution is 0.0216. The highest BCUT2D eigenvalue weighted by Gasteiger charge is 2.34. The van der Waals surface area contributed by atoms with Crippen LogP contribution >= 0.6 is 11.6 Å². The number of carbonyl (C=O) groups excluding carboxylic acids is 1. The molecule has 3 aromatic heterocycles. The number of fused-ring (bicyclic) bond motifs is 3. The molecule has 0 saturated heterocycles. The van der Waals surface area contributed by atoms with Crippen LogP contribution in [0.4, 0.5) is 9.18 Å². The standard InChI is InChI=1S/C26H29ClFN5O2/c1-26(2,3)35-25(34)33-13-17-11-18(27)12-30-23(17)21-20(14-33)31-32-24(21)16-8-6-15(7-9-16)22-19(28)5-4-10-29-22/h4-5,10-12,15-16H,6-9,13-14H2,1-3H3,(H,31,32). The van der Waals surface area contributed by atoms with Crippen molar-refractivity contribution in [3.8, 4) is 11.3 Å². The van der Waals surface area contributed by atoms with Gasteiger partial charge in [0.15, 0.2) is 0 Å². The highest BCUT2D eigenvalue weighted by Crippen LogP contribution is 2.44. The van der Waals surface area contributed by atoms with Crippen LogP contribution in [0.2, 0.25) is 5.02 Å². The van der Waals surface area contributed by atoms with Crippen LogP contribution in [0.5, 0.6) is 0 Å². The summed E-state index contributed by atoms with van der Waals surface area (Å²) in [7, 11) is 0. The first-order chi connectivity index (χ1) is 16.7. The number of ether oxygens (including phenoxy) is 1. The number of nitrogens with one attached hydrogen (secondary N) is 1. The molecule has 1 fully saturated rings. The van der Waals surface area contributed by atoms with Gasteiger partial charge < -0.3 is 4.74 Å². The largest absolute Gasteiger partial charge is 0.444 e. The third-order valence-electron chi connectivity index (χ3n) is 6.69. The van der Waals surface area contributed by atoms with Crippen molar-refractivity contribution in [2.75, 3.05) is 0 Å². The number of amides is 1. The lowest BCUT2D eigenvalue weighted by atomic mass is 9.77. The van der Waals surface area contributed by atoms with Gasteiger partial charge in [-0.15, -0.1) is 0 Å². The molecule has 184 valence electrons. The molecule has 0 spiro atoms. The van der Waals surface area contributed by atoms with Crippen molar-refractivity contribution in [2.45, 2.75) is 77.0 Å². The zero-order valence-corrected chi connectivity index (χ0v) is 20.9. The molecule has 9 heteroatoms. The Morgan fingerprint density at radius 2 is 1.86 bits per heavy atom. The van der Waals surface area contributed by atoms with Crippen molar-refractivity contribution < 1.29 is 13.9 Å². The molecule has 3 aromatic rings. The van der Waals surface area contributed by atoms with E-state index in [2.05, 4.69) is 15.1 Å². The van der Waals surface area contributed by atoms with Crippen molar-refractivity contribution in [3.63, 3.8) is 0 Å². The van der Waals surface area contributed by atoms with E-state index in [1.54, 1.807) is 23.4 Å². The van der Waals surface area contributed by atoms with Gasteiger partial charge in [0.2, 0.25) is 0 Å². The molecule has 4 heterocycles. The minimum Gasteiger partial charge on any atom is -0.444 e. The van der Waals surface area contributed by atoms with E-state index < -0.39 is 11.7 Å². The Hall–Kier alpha value is -3.00. The van der Waals surface area contributed by atoms with Crippen LogP contribution in [0.25, 0.3) is 11.3 Å². The fourth-order valence-corrected chi connectivity index (χ4v) is 5.32. The molecule has 1 N–H and O–H groups in total. The minimum absolute atomic E-state index is 0.108. The van der Waals surface area contributed by atoms with Gasteiger partial charge in [0.25, 0.3) is 0 Å².